The molecule has 0 aliphatic carbocycles. The van der Waals surface area contributed by atoms with Gasteiger partial charge in [-0.2, -0.15) is 0 Å². The van der Waals surface area contributed by atoms with E-state index < -0.39 is 20.3 Å². The van der Waals surface area contributed by atoms with Crippen molar-refractivity contribution in [3.63, 3.8) is 0 Å². The maximum atomic E-state index is 18.4. The SMILES string of the molecule is O=S(=O)(C(c1c(OCCO)ccc2cc(-c3ccccc3)ccc12)c1c(OCCO)ccc2cc(-c3ccccc3)ccc12)C(c1c(OCCO)ccc2cc(-c3ccccc3)ccc12)c1c(OCCO)ccc2cc(-c3ccccc3)ccc12. The first kappa shape index (κ1) is 56.2. The largest absolute Gasteiger partial charge is 0.491 e. The Bertz CT molecular complexity index is 3890. The summed E-state index contributed by atoms with van der Waals surface area (Å²) in [5.41, 5.74) is 8.55. The lowest BCUT2D eigenvalue weighted by Crippen LogP contribution is -2.26. The molecule has 0 unspecified atom stereocenters. The first-order valence-electron chi connectivity index (χ1n) is 28.4. The predicted octanol–water partition coefficient (Wildman–Crippen LogP) is 14.7. The van der Waals surface area contributed by atoms with Crippen LogP contribution in [-0.4, -0.2) is 81.7 Å². The zero-order chi connectivity index (χ0) is 58.3. The molecule has 0 atom stereocenters. The van der Waals surface area contributed by atoms with Crippen LogP contribution in [0.5, 0.6) is 23.0 Å². The molecule has 0 amide bonds. The van der Waals surface area contributed by atoms with Gasteiger partial charge in [0.2, 0.25) is 0 Å². The van der Waals surface area contributed by atoms with E-state index in [0.29, 0.717) is 43.1 Å². The topological polar surface area (TPSA) is 152 Å². The highest BCUT2D eigenvalue weighted by molar-refractivity contribution is 7.92. The highest BCUT2D eigenvalue weighted by Gasteiger charge is 2.46. The molecule has 4 N–H and O–H groups in total. The number of hydrogen-bond donors (Lipinski definition) is 4. The molecule has 0 aromatic heterocycles. The molecule has 85 heavy (non-hydrogen) atoms. The quantitative estimate of drug-likeness (QED) is 0.0516. The van der Waals surface area contributed by atoms with Gasteiger partial charge in [-0.25, -0.2) is 8.42 Å². The molecule has 0 radical (unpaired) electrons. The number of sulfone groups is 1. The summed E-state index contributed by atoms with van der Waals surface area (Å²) in [6, 6.07) is 78.3. The molecule has 0 saturated carbocycles. The summed E-state index contributed by atoms with van der Waals surface area (Å²) in [5, 5.41) is 43.8. The van der Waals surface area contributed by atoms with E-state index in [1.807, 2.05) is 218 Å². The molecule has 11 heteroatoms. The maximum Gasteiger partial charge on any atom is 0.173 e. The molecule has 0 aliphatic heterocycles. The van der Waals surface area contributed by atoms with Crippen molar-refractivity contribution in [3.05, 3.63) is 265 Å². The summed E-state index contributed by atoms with van der Waals surface area (Å²) in [6.45, 7) is -2.15. The van der Waals surface area contributed by atoms with Crippen LogP contribution in [-0.2, 0) is 9.84 Å². The molecule has 0 heterocycles. The number of aliphatic hydroxyl groups is 4. The Morgan fingerprint density at radius 1 is 0.271 bits per heavy atom. The van der Waals surface area contributed by atoms with Crippen LogP contribution in [0.1, 0.15) is 32.8 Å². The van der Waals surface area contributed by atoms with Gasteiger partial charge < -0.3 is 39.4 Å². The van der Waals surface area contributed by atoms with Crippen molar-refractivity contribution < 1.29 is 47.8 Å². The zero-order valence-electron chi connectivity index (χ0n) is 46.6. The number of hydrogen-bond acceptors (Lipinski definition) is 10. The summed E-state index contributed by atoms with van der Waals surface area (Å²) in [4.78, 5) is 0. The predicted molar refractivity (Wildman–Crippen MR) is 340 cm³/mol. The van der Waals surface area contributed by atoms with Crippen LogP contribution >= 0.6 is 0 Å². The second kappa shape index (κ2) is 25.3. The molecule has 0 fully saturated rings. The Hall–Kier alpha value is -9.33. The fourth-order valence-corrected chi connectivity index (χ4v) is 14.4. The van der Waals surface area contributed by atoms with Crippen LogP contribution in [0.25, 0.3) is 87.6 Å². The molecule has 0 saturated heterocycles. The summed E-state index contributed by atoms with van der Waals surface area (Å²) in [6.07, 6.45) is 0. The molecule has 10 nitrogen and oxygen atoms in total. The lowest BCUT2D eigenvalue weighted by atomic mass is 9.90. The van der Waals surface area contributed by atoms with E-state index in [9.17, 15) is 20.4 Å². The minimum atomic E-state index is -5.05. The van der Waals surface area contributed by atoms with Crippen molar-refractivity contribution in [2.75, 3.05) is 52.9 Å². The van der Waals surface area contributed by atoms with Gasteiger partial charge in [-0.15, -0.1) is 0 Å². The van der Waals surface area contributed by atoms with Gasteiger partial charge in [0.25, 0.3) is 0 Å². The van der Waals surface area contributed by atoms with Crippen LogP contribution in [0.2, 0.25) is 0 Å². The Labute approximate surface area is 493 Å². The van der Waals surface area contributed by atoms with Gasteiger partial charge in [-0.1, -0.05) is 194 Å². The average molecular weight is 1140 g/mol. The fraction of sp³-hybridized carbons (Fsp3) is 0.135. The van der Waals surface area contributed by atoms with Gasteiger partial charge in [-0.05, 0) is 136 Å². The van der Waals surface area contributed by atoms with Crippen molar-refractivity contribution in [2.24, 2.45) is 0 Å². The van der Waals surface area contributed by atoms with Crippen LogP contribution in [0.15, 0.2) is 243 Å². The molecule has 0 bridgehead atoms. The molecular weight excluding hydrogens is 1080 g/mol. The lowest BCUT2D eigenvalue weighted by Gasteiger charge is -2.32. The Kier molecular flexibility index (Phi) is 16.7. The van der Waals surface area contributed by atoms with Crippen molar-refractivity contribution in [3.8, 4) is 67.5 Å². The van der Waals surface area contributed by atoms with Gasteiger partial charge in [0, 0.05) is 22.3 Å². The van der Waals surface area contributed by atoms with Crippen molar-refractivity contribution in [1.29, 1.82) is 0 Å². The standard InChI is InChI=1S/C74H62O10S/c75-37-41-81-65-33-25-57-45-53(49-13-5-1-6-14-49)21-29-61(57)69(65)73(70-62-30-22-54(50-15-7-2-8-16-50)46-58(62)26-34-66(70)82-42-38-76)85(79,80)74(71-63-31-23-55(51-17-9-3-10-18-51)47-59(63)27-35-67(71)83-43-39-77)72-64-32-24-56(52-19-11-4-12-20-52)48-60(64)28-36-68(72)84-44-40-78/h1-36,45-48,73-78H,37-44H2. The maximum absolute atomic E-state index is 18.4. The third-order valence-electron chi connectivity index (χ3n) is 15.6. The van der Waals surface area contributed by atoms with Crippen LogP contribution in [0.3, 0.4) is 0 Å². The van der Waals surface area contributed by atoms with E-state index in [1.165, 1.54) is 0 Å². The third kappa shape index (κ3) is 11.3. The number of aliphatic hydroxyl groups excluding tert-OH is 4. The molecule has 0 spiro atoms. The normalized spacial score (nSPS) is 11.7. The highest BCUT2D eigenvalue weighted by Crippen LogP contribution is 2.56. The first-order valence-corrected chi connectivity index (χ1v) is 30.0. The summed E-state index contributed by atoms with van der Waals surface area (Å²) in [7, 11) is -5.05. The average Bonchev–Trinajstić information content (AvgIpc) is 1.85. The summed E-state index contributed by atoms with van der Waals surface area (Å²) in [5.74, 6) is 0.821. The van der Waals surface area contributed by atoms with Crippen molar-refractivity contribution >= 4 is 52.9 Å². The van der Waals surface area contributed by atoms with E-state index in [2.05, 4.69) is 0 Å². The Morgan fingerprint density at radius 3 is 0.706 bits per heavy atom. The Balaban J connectivity index is 1.26. The van der Waals surface area contributed by atoms with Gasteiger partial charge >= 0.3 is 0 Å². The van der Waals surface area contributed by atoms with E-state index in [-0.39, 0.29) is 98.1 Å². The van der Waals surface area contributed by atoms with E-state index >= 15 is 8.42 Å². The number of benzene rings is 12. The van der Waals surface area contributed by atoms with Crippen LogP contribution in [0, 0.1) is 0 Å². The molecule has 424 valence electrons. The second-order valence-electron chi connectivity index (χ2n) is 20.8. The lowest BCUT2D eigenvalue weighted by molar-refractivity contribution is 0.199. The second-order valence-corrected chi connectivity index (χ2v) is 22.9. The number of rotatable bonds is 22. The monoisotopic (exact) mass is 1140 g/mol. The number of fused-ring (bicyclic) bond motifs is 4. The first-order chi connectivity index (χ1) is 41.8. The van der Waals surface area contributed by atoms with Crippen LogP contribution < -0.4 is 18.9 Å². The van der Waals surface area contributed by atoms with Crippen LogP contribution in [0.4, 0.5) is 0 Å². The number of ether oxygens (including phenoxy) is 4. The van der Waals surface area contributed by atoms with Gasteiger partial charge in [0.15, 0.2) is 9.84 Å². The van der Waals surface area contributed by atoms with Gasteiger partial charge in [0.05, 0.1) is 26.4 Å². The molecular formula is C74H62O10S. The highest BCUT2D eigenvalue weighted by atomic mass is 32.2. The van der Waals surface area contributed by atoms with Gasteiger partial charge in [-0.3, -0.25) is 0 Å². The zero-order valence-corrected chi connectivity index (χ0v) is 47.4. The van der Waals surface area contributed by atoms with E-state index in [1.54, 1.807) is 24.3 Å². The minimum absolute atomic E-state index is 0.168. The third-order valence-corrected chi connectivity index (χ3v) is 17.9. The van der Waals surface area contributed by atoms with Crippen molar-refractivity contribution in [1.82, 2.24) is 0 Å². The van der Waals surface area contributed by atoms with E-state index in [0.717, 1.165) is 44.5 Å². The molecule has 12 aromatic carbocycles. The molecule has 0 aliphatic rings. The Morgan fingerprint density at radius 2 is 0.494 bits per heavy atom. The molecule has 12 aromatic rings. The fourth-order valence-electron chi connectivity index (χ4n) is 11.9. The minimum Gasteiger partial charge on any atom is -0.491 e. The smallest absolute Gasteiger partial charge is 0.173 e. The van der Waals surface area contributed by atoms with Crippen molar-refractivity contribution in [2.45, 2.75) is 10.5 Å². The molecule has 12 rings (SSSR count). The summed E-state index contributed by atoms with van der Waals surface area (Å²) < 4.78 is 63.3. The summed E-state index contributed by atoms with van der Waals surface area (Å²) >= 11 is 0. The van der Waals surface area contributed by atoms with Gasteiger partial charge in [0.1, 0.15) is 59.9 Å². The van der Waals surface area contributed by atoms with E-state index in [4.69, 9.17) is 18.9 Å².